The smallest absolute Gasteiger partial charge is 0.336 e. The summed E-state index contributed by atoms with van der Waals surface area (Å²) < 4.78 is 17.9. The fourth-order valence-corrected chi connectivity index (χ4v) is 4.32. The van der Waals surface area contributed by atoms with Crippen molar-refractivity contribution >= 4 is 22.8 Å². The number of hydrogen-bond acceptors (Lipinski definition) is 8. The molecule has 178 valence electrons. The van der Waals surface area contributed by atoms with Gasteiger partial charge in [0, 0.05) is 55.2 Å². The van der Waals surface area contributed by atoms with Crippen molar-refractivity contribution in [3.05, 3.63) is 75.8 Å². The maximum atomic E-state index is 12.9. The van der Waals surface area contributed by atoms with Crippen LogP contribution in [-0.4, -0.2) is 33.9 Å². The highest BCUT2D eigenvalue weighted by atomic mass is 16.6. The molecule has 3 aromatic rings. The van der Waals surface area contributed by atoms with Crippen molar-refractivity contribution in [3.63, 3.8) is 0 Å². The predicted octanol–water partition coefficient (Wildman–Crippen LogP) is 3.34. The summed E-state index contributed by atoms with van der Waals surface area (Å²) in [5.41, 5.74) is 5.85. The fraction of sp³-hybridized carbons (Fsp3) is 0.346. The number of aliphatic hydroxyl groups is 1. The molecule has 0 bridgehead atoms. The largest absolute Gasteiger partial charge is 0.482 e. The molecule has 2 aromatic heterocycles. The minimum Gasteiger partial charge on any atom is -0.482 e. The Hall–Kier alpha value is -3.65. The topological polar surface area (TPSA) is 125 Å². The molecule has 34 heavy (non-hydrogen) atoms. The van der Waals surface area contributed by atoms with E-state index in [4.69, 9.17) is 19.6 Å². The molecule has 8 nitrogen and oxygen atoms in total. The van der Waals surface area contributed by atoms with Crippen LogP contribution in [0.15, 0.2) is 63.5 Å². The van der Waals surface area contributed by atoms with Crippen LogP contribution in [0.5, 0.6) is 5.75 Å². The number of nitrogen functional groups attached to an aromatic ring is 1. The molecule has 4 rings (SSSR count). The van der Waals surface area contributed by atoms with E-state index < -0.39 is 22.8 Å². The van der Waals surface area contributed by atoms with Gasteiger partial charge in [-0.15, -0.1) is 0 Å². The van der Waals surface area contributed by atoms with Gasteiger partial charge in [0.15, 0.2) is 5.60 Å². The standard InChI is InChI=1S/C26H28N2O6/c1-4-17(9-10-29)24(31)34-25(2,3)26(13-16-5-7-22(27)28-15-16)14-19-11-18-6-8-23(30)32-20(18)12-21(19)33-26/h4-8,11-12,15,29H,9-10,13-14H2,1-3H3,(H2,27,28). The molecule has 3 N–H and O–H groups in total. The number of esters is 1. The van der Waals surface area contributed by atoms with Crippen LogP contribution in [0.4, 0.5) is 5.82 Å². The van der Waals surface area contributed by atoms with E-state index in [1.165, 1.54) is 6.07 Å². The van der Waals surface area contributed by atoms with Gasteiger partial charge in [0.05, 0.1) is 0 Å². The lowest BCUT2D eigenvalue weighted by Crippen LogP contribution is -2.57. The Morgan fingerprint density at radius 1 is 1.29 bits per heavy atom. The third-order valence-corrected chi connectivity index (χ3v) is 6.36. The highest BCUT2D eigenvalue weighted by molar-refractivity contribution is 5.88. The lowest BCUT2D eigenvalue weighted by molar-refractivity contribution is -0.174. The zero-order chi connectivity index (χ0) is 24.5. The number of nitrogens with two attached hydrogens (primary N) is 1. The second-order valence-electron chi connectivity index (χ2n) is 8.98. The molecule has 1 atom stereocenters. The first-order valence-electron chi connectivity index (χ1n) is 11.1. The normalized spacial score (nSPS) is 17.9. The first-order chi connectivity index (χ1) is 16.2. The molecule has 0 amide bonds. The summed E-state index contributed by atoms with van der Waals surface area (Å²) in [7, 11) is 0. The summed E-state index contributed by atoms with van der Waals surface area (Å²) in [5.74, 6) is 0.463. The van der Waals surface area contributed by atoms with Crippen LogP contribution in [0, 0.1) is 0 Å². The summed E-state index contributed by atoms with van der Waals surface area (Å²) in [6.07, 6.45) is 4.37. The van der Waals surface area contributed by atoms with E-state index in [1.54, 1.807) is 37.4 Å². The van der Waals surface area contributed by atoms with Crippen LogP contribution in [0.3, 0.4) is 0 Å². The first-order valence-corrected chi connectivity index (χ1v) is 11.1. The number of benzene rings is 1. The summed E-state index contributed by atoms with van der Waals surface area (Å²) in [6, 6.07) is 10.3. The van der Waals surface area contributed by atoms with E-state index in [2.05, 4.69) is 4.98 Å². The minimum absolute atomic E-state index is 0.156. The second kappa shape index (κ2) is 8.95. The van der Waals surface area contributed by atoms with Gasteiger partial charge in [-0.25, -0.2) is 14.6 Å². The lowest BCUT2D eigenvalue weighted by atomic mass is 9.77. The molecular weight excluding hydrogens is 436 g/mol. The van der Waals surface area contributed by atoms with Gasteiger partial charge in [-0.1, -0.05) is 12.1 Å². The van der Waals surface area contributed by atoms with E-state index in [9.17, 15) is 14.7 Å². The molecule has 1 aliphatic heterocycles. The molecule has 8 heteroatoms. The number of aliphatic hydroxyl groups excluding tert-OH is 1. The number of carbonyl (C=O) groups excluding carboxylic acids is 1. The number of aromatic nitrogens is 1. The van der Waals surface area contributed by atoms with Gasteiger partial charge in [-0.2, -0.15) is 0 Å². The molecule has 0 saturated carbocycles. The minimum atomic E-state index is -1.08. The summed E-state index contributed by atoms with van der Waals surface area (Å²) >= 11 is 0. The fourth-order valence-electron chi connectivity index (χ4n) is 4.32. The molecule has 0 fully saturated rings. The maximum absolute atomic E-state index is 12.9. The molecule has 3 heterocycles. The molecule has 1 unspecified atom stereocenters. The third-order valence-electron chi connectivity index (χ3n) is 6.36. The molecule has 1 aliphatic rings. The molecule has 0 saturated heterocycles. The molecule has 0 radical (unpaired) electrons. The van der Waals surface area contributed by atoms with Crippen LogP contribution in [0.25, 0.3) is 11.0 Å². The van der Waals surface area contributed by atoms with Gasteiger partial charge in [0.2, 0.25) is 0 Å². The van der Waals surface area contributed by atoms with E-state index in [0.29, 0.717) is 35.6 Å². The maximum Gasteiger partial charge on any atom is 0.336 e. The van der Waals surface area contributed by atoms with E-state index in [0.717, 1.165) is 16.5 Å². The van der Waals surface area contributed by atoms with Crippen molar-refractivity contribution < 1.29 is 23.8 Å². The molecule has 1 aromatic carbocycles. The Morgan fingerprint density at radius 3 is 2.76 bits per heavy atom. The average molecular weight is 465 g/mol. The monoisotopic (exact) mass is 464 g/mol. The van der Waals surface area contributed by atoms with E-state index in [-0.39, 0.29) is 13.0 Å². The molecular formula is C26H28N2O6. The third kappa shape index (κ3) is 4.41. The number of anilines is 1. The van der Waals surface area contributed by atoms with Crippen LogP contribution in [0.2, 0.25) is 0 Å². The number of carbonyl (C=O) groups is 1. The van der Waals surface area contributed by atoms with Gasteiger partial charge in [0.1, 0.15) is 22.8 Å². The quantitative estimate of drug-likeness (QED) is 0.310. The number of hydrogen-bond donors (Lipinski definition) is 2. The van der Waals surface area contributed by atoms with Crippen molar-refractivity contribution in [2.24, 2.45) is 0 Å². The van der Waals surface area contributed by atoms with Gasteiger partial charge < -0.3 is 24.7 Å². The molecule has 0 spiro atoms. The zero-order valence-corrected chi connectivity index (χ0v) is 19.5. The SMILES string of the molecule is CC=C(CCO)C(=O)OC(C)(C)C1(Cc2ccc(N)nc2)Cc2cc3ccc(=O)oc3cc2O1. The summed E-state index contributed by atoms with van der Waals surface area (Å²) in [5, 5.41) is 10.1. The predicted molar refractivity (Wildman–Crippen MR) is 128 cm³/mol. The Morgan fingerprint density at radius 2 is 2.09 bits per heavy atom. The van der Waals surface area contributed by atoms with Crippen LogP contribution in [0.1, 0.15) is 38.3 Å². The Bertz CT molecular complexity index is 1310. The number of rotatable bonds is 7. The number of allylic oxidation sites excluding steroid dienone is 1. The highest BCUT2D eigenvalue weighted by Gasteiger charge is 2.54. The number of fused-ring (bicyclic) bond motifs is 2. The van der Waals surface area contributed by atoms with Gasteiger partial charge in [-0.05, 0) is 50.1 Å². The van der Waals surface area contributed by atoms with Crippen molar-refractivity contribution in [2.45, 2.75) is 51.2 Å². The van der Waals surface area contributed by atoms with Crippen molar-refractivity contribution in [3.8, 4) is 5.75 Å². The number of nitrogens with zero attached hydrogens (tertiary/aromatic N) is 1. The van der Waals surface area contributed by atoms with Gasteiger partial charge >= 0.3 is 11.6 Å². The van der Waals surface area contributed by atoms with Crippen molar-refractivity contribution in [1.29, 1.82) is 0 Å². The lowest BCUT2D eigenvalue weighted by Gasteiger charge is -2.42. The van der Waals surface area contributed by atoms with Crippen molar-refractivity contribution in [2.75, 3.05) is 12.3 Å². The van der Waals surface area contributed by atoms with E-state index >= 15 is 0 Å². The highest BCUT2D eigenvalue weighted by Crippen LogP contribution is 2.46. The summed E-state index contributed by atoms with van der Waals surface area (Å²) in [6.45, 7) is 5.20. The Labute approximate surface area is 197 Å². The van der Waals surface area contributed by atoms with Crippen molar-refractivity contribution in [1.82, 2.24) is 4.98 Å². The van der Waals surface area contributed by atoms with Crippen LogP contribution >= 0.6 is 0 Å². The van der Waals surface area contributed by atoms with E-state index in [1.807, 2.05) is 26.0 Å². The average Bonchev–Trinajstić information content (AvgIpc) is 3.15. The van der Waals surface area contributed by atoms with Gasteiger partial charge in [0.25, 0.3) is 0 Å². The van der Waals surface area contributed by atoms with Crippen LogP contribution < -0.4 is 16.1 Å². The van der Waals surface area contributed by atoms with Gasteiger partial charge in [-0.3, -0.25) is 0 Å². The van der Waals surface area contributed by atoms with Crippen LogP contribution in [-0.2, 0) is 22.4 Å². The summed E-state index contributed by atoms with van der Waals surface area (Å²) in [4.78, 5) is 28.8. The number of pyridine rings is 1. The Balaban J connectivity index is 1.75. The number of ether oxygens (including phenoxy) is 2. The zero-order valence-electron chi connectivity index (χ0n) is 19.5. The molecule has 0 aliphatic carbocycles. The Kier molecular flexibility index (Phi) is 6.18. The first kappa shape index (κ1) is 23.5. The second-order valence-corrected chi connectivity index (χ2v) is 8.98.